The van der Waals surface area contributed by atoms with E-state index in [0.717, 1.165) is 47.4 Å². The zero-order chi connectivity index (χ0) is 14.4. The van der Waals surface area contributed by atoms with Gasteiger partial charge in [-0.25, -0.2) is 0 Å². The maximum absolute atomic E-state index is 5.91. The lowest BCUT2D eigenvalue weighted by Gasteiger charge is -2.17. The second-order valence-electron chi connectivity index (χ2n) is 4.82. The average Bonchev–Trinajstić information content (AvgIpc) is 2.92. The van der Waals surface area contributed by atoms with Crippen molar-refractivity contribution in [2.24, 2.45) is 5.73 Å². The van der Waals surface area contributed by atoms with Gasteiger partial charge in [0.05, 0.1) is 17.2 Å². The smallest absolute Gasteiger partial charge is 0.175 e. The molecule has 2 N–H and O–H groups in total. The van der Waals surface area contributed by atoms with E-state index in [0.29, 0.717) is 19.8 Å². The van der Waals surface area contributed by atoms with E-state index in [9.17, 15) is 0 Å². The van der Waals surface area contributed by atoms with Crippen molar-refractivity contribution >= 4 is 15.9 Å². The van der Waals surface area contributed by atoms with Crippen molar-refractivity contribution in [2.75, 3.05) is 26.4 Å². The van der Waals surface area contributed by atoms with E-state index < -0.39 is 0 Å². The molecule has 0 saturated carbocycles. The first kappa shape index (κ1) is 15.6. The molecule has 1 aliphatic rings. The van der Waals surface area contributed by atoms with Crippen molar-refractivity contribution < 1.29 is 14.2 Å². The van der Waals surface area contributed by atoms with Gasteiger partial charge < -0.3 is 19.9 Å². The number of benzene rings is 1. The van der Waals surface area contributed by atoms with Gasteiger partial charge in [-0.15, -0.1) is 0 Å². The van der Waals surface area contributed by atoms with E-state index in [4.69, 9.17) is 19.9 Å². The lowest BCUT2D eigenvalue weighted by molar-refractivity contribution is 0.0664. The second kappa shape index (κ2) is 7.86. The summed E-state index contributed by atoms with van der Waals surface area (Å²) in [7, 11) is 0. The summed E-state index contributed by atoms with van der Waals surface area (Å²) >= 11 is 3.56. The number of hydrogen-bond donors (Lipinski definition) is 1. The van der Waals surface area contributed by atoms with Crippen LogP contribution in [0.4, 0.5) is 0 Å². The molecule has 112 valence electrons. The predicted molar refractivity (Wildman–Crippen MR) is 82.5 cm³/mol. The molecule has 20 heavy (non-hydrogen) atoms. The Morgan fingerprint density at radius 3 is 2.90 bits per heavy atom. The van der Waals surface area contributed by atoms with E-state index in [1.165, 1.54) is 0 Å². The molecule has 0 spiro atoms. The van der Waals surface area contributed by atoms with Crippen LogP contribution in [0.1, 0.15) is 25.3 Å². The average molecular weight is 344 g/mol. The highest BCUT2D eigenvalue weighted by molar-refractivity contribution is 9.10. The first-order valence-electron chi connectivity index (χ1n) is 7.14. The Morgan fingerprint density at radius 1 is 1.40 bits per heavy atom. The highest BCUT2D eigenvalue weighted by Crippen LogP contribution is 2.37. The number of hydrogen-bond acceptors (Lipinski definition) is 4. The lowest BCUT2D eigenvalue weighted by Crippen LogP contribution is -2.17. The Morgan fingerprint density at radius 2 is 2.25 bits per heavy atom. The summed E-state index contributed by atoms with van der Waals surface area (Å²) in [4.78, 5) is 0. The van der Waals surface area contributed by atoms with Gasteiger partial charge in [-0.2, -0.15) is 0 Å². The minimum atomic E-state index is 0.195. The minimum Gasteiger partial charge on any atom is -0.490 e. The maximum Gasteiger partial charge on any atom is 0.175 e. The molecule has 0 bridgehead atoms. The first-order valence-corrected chi connectivity index (χ1v) is 7.93. The van der Waals surface area contributed by atoms with Crippen LogP contribution in [0.25, 0.3) is 0 Å². The molecule has 5 heteroatoms. The van der Waals surface area contributed by atoms with Crippen LogP contribution in [-0.4, -0.2) is 32.5 Å². The summed E-state index contributed by atoms with van der Waals surface area (Å²) < 4.78 is 18.1. The molecule has 1 heterocycles. The SMILES string of the molecule is CCOc1cc(CCN)cc(Br)c1OCC1CCCO1. The Balaban J connectivity index is 2.11. The van der Waals surface area contributed by atoms with Crippen molar-refractivity contribution in [3.8, 4) is 11.5 Å². The van der Waals surface area contributed by atoms with Crippen LogP contribution in [0.5, 0.6) is 11.5 Å². The van der Waals surface area contributed by atoms with Crippen LogP contribution in [0.3, 0.4) is 0 Å². The normalized spacial score (nSPS) is 18.2. The molecule has 0 aliphatic carbocycles. The third kappa shape index (κ3) is 4.11. The van der Waals surface area contributed by atoms with Gasteiger partial charge >= 0.3 is 0 Å². The molecule has 4 nitrogen and oxygen atoms in total. The molecular formula is C15H22BrNO3. The molecular weight excluding hydrogens is 322 g/mol. The van der Waals surface area contributed by atoms with Crippen molar-refractivity contribution in [1.82, 2.24) is 0 Å². The molecule has 1 aromatic rings. The molecule has 1 saturated heterocycles. The molecule has 2 rings (SSSR count). The summed E-state index contributed by atoms with van der Waals surface area (Å²) in [6, 6.07) is 4.05. The summed E-state index contributed by atoms with van der Waals surface area (Å²) in [5.41, 5.74) is 6.76. The fourth-order valence-electron chi connectivity index (χ4n) is 2.29. The molecule has 1 aliphatic heterocycles. The fourth-order valence-corrected chi connectivity index (χ4v) is 2.89. The fraction of sp³-hybridized carbons (Fsp3) is 0.600. The van der Waals surface area contributed by atoms with Crippen LogP contribution >= 0.6 is 15.9 Å². The zero-order valence-electron chi connectivity index (χ0n) is 11.9. The van der Waals surface area contributed by atoms with E-state index >= 15 is 0 Å². The van der Waals surface area contributed by atoms with Gasteiger partial charge in [0.15, 0.2) is 11.5 Å². The first-order chi connectivity index (χ1) is 9.74. The van der Waals surface area contributed by atoms with Crippen LogP contribution in [-0.2, 0) is 11.2 Å². The molecule has 1 unspecified atom stereocenters. The number of halogens is 1. The van der Waals surface area contributed by atoms with E-state index in [-0.39, 0.29) is 6.10 Å². The number of ether oxygens (including phenoxy) is 3. The standard InChI is InChI=1S/C15H22BrNO3/c1-2-18-14-9-11(5-6-17)8-13(16)15(14)20-10-12-4-3-7-19-12/h8-9,12H,2-7,10,17H2,1H3. The van der Waals surface area contributed by atoms with Crippen molar-refractivity contribution in [1.29, 1.82) is 0 Å². The zero-order valence-corrected chi connectivity index (χ0v) is 13.4. The molecule has 1 aromatic carbocycles. The number of nitrogens with two attached hydrogens (primary N) is 1. The summed E-state index contributed by atoms with van der Waals surface area (Å²) in [5.74, 6) is 1.52. The topological polar surface area (TPSA) is 53.7 Å². The Hall–Kier alpha value is -0.780. The van der Waals surface area contributed by atoms with E-state index in [1.807, 2.05) is 19.1 Å². The third-order valence-corrected chi connectivity index (χ3v) is 3.83. The van der Waals surface area contributed by atoms with Gasteiger partial charge in [-0.05, 0) is 66.4 Å². The Kier molecular flexibility index (Phi) is 6.13. The summed E-state index contributed by atoms with van der Waals surface area (Å²) in [5, 5.41) is 0. The highest BCUT2D eigenvalue weighted by atomic mass is 79.9. The van der Waals surface area contributed by atoms with Gasteiger partial charge in [-0.3, -0.25) is 0 Å². The molecule has 0 radical (unpaired) electrons. The van der Waals surface area contributed by atoms with Crippen molar-refractivity contribution in [2.45, 2.75) is 32.3 Å². The lowest BCUT2D eigenvalue weighted by atomic mass is 10.1. The van der Waals surface area contributed by atoms with Gasteiger partial charge in [-0.1, -0.05) is 0 Å². The Labute approximate surface area is 128 Å². The maximum atomic E-state index is 5.91. The van der Waals surface area contributed by atoms with E-state index in [2.05, 4.69) is 15.9 Å². The minimum absolute atomic E-state index is 0.195. The second-order valence-corrected chi connectivity index (χ2v) is 5.68. The summed E-state index contributed by atoms with van der Waals surface area (Å²) in [6.45, 7) is 4.59. The molecule has 0 amide bonds. The highest BCUT2D eigenvalue weighted by Gasteiger charge is 2.19. The van der Waals surface area contributed by atoms with Crippen LogP contribution in [0.2, 0.25) is 0 Å². The van der Waals surface area contributed by atoms with Gasteiger partial charge in [0.2, 0.25) is 0 Å². The van der Waals surface area contributed by atoms with Crippen molar-refractivity contribution in [3.05, 3.63) is 22.2 Å². The monoisotopic (exact) mass is 343 g/mol. The molecule has 1 fully saturated rings. The molecule has 1 atom stereocenters. The molecule has 0 aromatic heterocycles. The van der Waals surface area contributed by atoms with Gasteiger partial charge in [0, 0.05) is 6.61 Å². The van der Waals surface area contributed by atoms with Gasteiger partial charge in [0.25, 0.3) is 0 Å². The third-order valence-electron chi connectivity index (χ3n) is 3.24. The van der Waals surface area contributed by atoms with Crippen molar-refractivity contribution in [3.63, 3.8) is 0 Å². The largest absolute Gasteiger partial charge is 0.490 e. The number of rotatable bonds is 7. The van der Waals surface area contributed by atoms with Gasteiger partial charge in [0.1, 0.15) is 6.61 Å². The van der Waals surface area contributed by atoms with Crippen LogP contribution in [0, 0.1) is 0 Å². The predicted octanol–water partition coefficient (Wildman–Crippen LogP) is 2.91. The van der Waals surface area contributed by atoms with Crippen LogP contribution < -0.4 is 15.2 Å². The summed E-state index contributed by atoms with van der Waals surface area (Å²) in [6.07, 6.45) is 3.20. The Bertz CT molecular complexity index is 433. The quantitative estimate of drug-likeness (QED) is 0.826. The van der Waals surface area contributed by atoms with Crippen LogP contribution in [0.15, 0.2) is 16.6 Å². The van der Waals surface area contributed by atoms with E-state index in [1.54, 1.807) is 0 Å².